The van der Waals surface area contributed by atoms with Crippen molar-refractivity contribution in [1.82, 2.24) is 57.4 Å². The zero-order chi connectivity index (χ0) is 60.4. The lowest BCUT2D eigenvalue weighted by atomic mass is 9.98. The van der Waals surface area contributed by atoms with E-state index in [0.717, 1.165) is 4.90 Å². The number of aliphatic hydroxyl groups is 1. The highest BCUT2D eigenvalue weighted by Gasteiger charge is 2.40. The van der Waals surface area contributed by atoms with E-state index in [1.54, 1.807) is 20.1 Å². The summed E-state index contributed by atoms with van der Waals surface area (Å²) in [5.74, 6) is -15.2. The Morgan fingerprint density at radius 2 is 1.18 bits per heavy atom. The molecule has 0 aliphatic carbocycles. The molecule has 1 saturated heterocycles. The summed E-state index contributed by atoms with van der Waals surface area (Å²) >= 11 is 1.26. The number of imidazole rings is 1. The molecule has 10 amide bonds. The molecule has 1 fully saturated rings. The molecule has 10 atom stereocenters. The van der Waals surface area contributed by atoms with E-state index in [1.807, 2.05) is 0 Å². The first-order valence-corrected chi connectivity index (χ1v) is 27.3. The quantitative estimate of drug-likeness (QED) is 0.0277. The lowest BCUT2D eigenvalue weighted by Crippen LogP contribution is -2.62. The Labute approximate surface area is 465 Å². The van der Waals surface area contributed by atoms with Crippen molar-refractivity contribution in [2.24, 2.45) is 29.0 Å². The maximum Gasteiger partial charge on any atom is 0.326 e. The van der Waals surface area contributed by atoms with Crippen molar-refractivity contribution in [2.75, 3.05) is 31.7 Å². The first-order chi connectivity index (χ1) is 37.6. The van der Waals surface area contributed by atoms with Crippen LogP contribution in [0, 0.1) is 11.8 Å². The summed E-state index contributed by atoms with van der Waals surface area (Å²) in [7, 11) is 0. The number of nitrogens with two attached hydrogens (primary N) is 3. The van der Waals surface area contributed by atoms with Gasteiger partial charge in [0.15, 0.2) is 0 Å². The van der Waals surface area contributed by atoms with E-state index in [0.29, 0.717) is 25.0 Å². The molecule has 32 heteroatoms. The summed E-state index contributed by atoms with van der Waals surface area (Å²) in [5.41, 5.74) is 17.2. The van der Waals surface area contributed by atoms with Gasteiger partial charge in [-0.1, -0.05) is 27.7 Å². The Hall–Kier alpha value is -7.45. The number of aromatic nitrogens is 2. The fourth-order valence-corrected chi connectivity index (χ4v) is 8.66. The van der Waals surface area contributed by atoms with Gasteiger partial charge in [-0.25, -0.2) is 9.78 Å². The summed E-state index contributed by atoms with van der Waals surface area (Å²) in [6.45, 7) is 5.40. The average Bonchev–Trinajstić information content (AvgIpc) is 4.10. The number of amides is 10. The SMILES string of the molecule is CSCC[C@H](NC(=O)[C@H](CC(=O)O)NC(=O)[C@H](CO)NC(=O)[C@H](CCC(N)=O)NC(=O)[C@@H](NC(=O)[C@@H](NC(=O)[C@@H]1CCCN1C(=O)[C@@H](N)CC(=O)O)C(C)C)C(C)C)C(=O)N[C@@H](CCCCN)C(=O)N[C@@H](Cc1cnc[nH]1)C(=O)O. The van der Waals surface area contributed by atoms with Crippen molar-refractivity contribution in [3.8, 4) is 0 Å². The minimum absolute atomic E-state index is 0.00849. The van der Waals surface area contributed by atoms with E-state index >= 15 is 0 Å². The van der Waals surface area contributed by atoms with Crippen molar-refractivity contribution in [3.05, 3.63) is 18.2 Å². The number of carbonyl (C=O) groups excluding carboxylic acids is 10. The standard InChI is InChI=1S/C48H78N14O17S/c1-23(2)37(61-46(76)38(24(3)4)60-44(74)33-10-8-15-62(33)47(77)26(50)18-35(65)66)45(75)56-28(11-12-34(51)64)40(70)59-32(21-63)43(73)57-30(19-36(67)68)42(72)55-29(13-16-80-5)41(71)54-27(9-6-7-14-49)39(69)58-31(48(78)79)17-25-20-52-22-53-25/h20,22-24,26-33,37-38,63H,6-19,21,49-50H2,1-5H3,(H2,51,64)(H,52,53)(H,54,71)(H,55,72)(H,56,75)(H,57,73)(H,58,69)(H,59,70)(H,60,74)(H,61,76)(H,65,66)(H,67,68)(H,78,79)/t26-,27-,28-,29-,30-,31-,32-,33-,37-,38-/m0/s1. The fraction of sp³-hybridized carbons (Fsp3) is 0.667. The van der Waals surface area contributed by atoms with Gasteiger partial charge >= 0.3 is 17.9 Å². The van der Waals surface area contributed by atoms with Crippen molar-refractivity contribution < 1.29 is 82.8 Å². The average molecular weight is 1160 g/mol. The van der Waals surface area contributed by atoms with Crippen LogP contribution in [0.5, 0.6) is 0 Å². The molecule has 0 unspecified atom stereocenters. The van der Waals surface area contributed by atoms with Gasteiger partial charge in [0.1, 0.15) is 54.4 Å². The van der Waals surface area contributed by atoms with Crippen LogP contribution < -0.4 is 59.7 Å². The number of nitrogens with one attached hydrogen (secondary N) is 9. The number of aliphatic carboxylic acids is 3. The van der Waals surface area contributed by atoms with Crippen LogP contribution in [-0.4, -0.2) is 204 Å². The highest BCUT2D eigenvalue weighted by Crippen LogP contribution is 2.20. The largest absolute Gasteiger partial charge is 0.481 e. The predicted molar refractivity (Wildman–Crippen MR) is 284 cm³/mol. The van der Waals surface area contributed by atoms with Gasteiger partial charge in [-0.3, -0.25) is 57.5 Å². The van der Waals surface area contributed by atoms with Crippen LogP contribution in [0.3, 0.4) is 0 Å². The number of unbranched alkanes of at least 4 members (excludes halogenated alkanes) is 1. The summed E-state index contributed by atoms with van der Waals surface area (Å²) in [6, 6.07) is -15.1. The number of thioether (sulfide) groups is 1. The first kappa shape index (κ1) is 68.7. The minimum Gasteiger partial charge on any atom is -0.481 e. The molecule has 448 valence electrons. The summed E-state index contributed by atoms with van der Waals surface area (Å²) in [4.78, 5) is 178. The fourth-order valence-electron chi connectivity index (χ4n) is 8.19. The molecule has 80 heavy (non-hydrogen) atoms. The second-order valence-corrected chi connectivity index (χ2v) is 20.7. The van der Waals surface area contributed by atoms with E-state index in [2.05, 4.69) is 52.5 Å². The van der Waals surface area contributed by atoms with Crippen molar-refractivity contribution in [1.29, 1.82) is 0 Å². The normalized spacial score (nSPS) is 16.5. The maximum absolute atomic E-state index is 13.9. The maximum atomic E-state index is 13.9. The van der Waals surface area contributed by atoms with Crippen molar-refractivity contribution in [2.45, 2.75) is 159 Å². The molecular weight excluding hydrogens is 1080 g/mol. The summed E-state index contributed by atoms with van der Waals surface area (Å²) in [6.07, 6.45) is 2.60. The van der Waals surface area contributed by atoms with Crippen LogP contribution in [0.25, 0.3) is 0 Å². The van der Waals surface area contributed by atoms with Gasteiger partial charge in [-0.15, -0.1) is 0 Å². The number of aromatic amines is 1. The number of likely N-dealkylation sites (tertiary alicyclic amines) is 1. The molecular formula is C48H78N14O17S. The van der Waals surface area contributed by atoms with Crippen LogP contribution in [0.1, 0.15) is 97.6 Å². The van der Waals surface area contributed by atoms with Gasteiger partial charge in [0.05, 0.1) is 31.8 Å². The van der Waals surface area contributed by atoms with Gasteiger partial charge < -0.3 is 90.0 Å². The molecule has 0 spiro atoms. The third-order valence-corrected chi connectivity index (χ3v) is 13.2. The van der Waals surface area contributed by atoms with Crippen molar-refractivity contribution in [3.63, 3.8) is 0 Å². The molecule has 0 aromatic carbocycles. The van der Waals surface area contributed by atoms with Crippen LogP contribution in [0.2, 0.25) is 0 Å². The van der Waals surface area contributed by atoms with Gasteiger partial charge in [-0.05, 0) is 75.3 Å². The molecule has 0 bridgehead atoms. The molecule has 1 aliphatic heterocycles. The highest BCUT2D eigenvalue weighted by molar-refractivity contribution is 7.98. The molecule has 0 saturated carbocycles. The molecule has 0 radical (unpaired) electrons. The second kappa shape index (κ2) is 34.5. The number of hydrogen-bond acceptors (Lipinski definition) is 18. The lowest BCUT2D eigenvalue weighted by Gasteiger charge is -2.31. The number of primary amides is 1. The Bertz CT molecular complexity index is 2330. The van der Waals surface area contributed by atoms with Gasteiger partial charge in [0, 0.05) is 31.3 Å². The first-order valence-electron chi connectivity index (χ1n) is 25.9. The Balaban J connectivity index is 2.30. The number of H-pyrrole nitrogens is 1. The van der Waals surface area contributed by atoms with Gasteiger partial charge in [0.2, 0.25) is 59.1 Å². The van der Waals surface area contributed by atoms with Crippen LogP contribution in [0.15, 0.2) is 12.5 Å². The minimum atomic E-state index is -1.97. The Morgan fingerprint density at radius 1 is 0.675 bits per heavy atom. The Kier molecular flexibility index (Phi) is 29.6. The van der Waals surface area contributed by atoms with E-state index in [4.69, 9.17) is 22.3 Å². The molecule has 1 aromatic rings. The van der Waals surface area contributed by atoms with Crippen LogP contribution in [-0.2, 0) is 68.7 Å². The second-order valence-electron chi connectivity index (χ2n) is 19.7. The third kappa shape index (κ3) is 23.1. The number of carboxylic acids is 3. The molecule has 1 aliphatic rings. The van der Waals surface area contributed by atoms with Crippen molar-refractivity contribution >= 4 is 88.7 Å². The molecule has 2 rings (SSSR count). The van der Waals surface area contributed by atoms with Gasteiger partial charge in [-0.2, -0.15) is 11.8 Å². The smallest absolute Gasteiger partial charge is 0.326 e. The van der Waals surface area contributed by atoms with E-state index in [1.165, 1.54) is 38.1 Å². The molecule has 19 N–H and O–H groups in total. The number of nitrogens with zero attached hydrogens (tertiary/aromatic N) is 2. The zero-order valence-electron chi connectivity index (χ0n) is 45.3. The summed E-state index contributed by atoms with van der Waals surface area (Å²) in [5, 5.41) is 58.2. The number of hydrogen-bond donors (Lipinski definition) is 16. The number of carboxylic acid groups (broad SMARTS) is 3. The van der Waals surface area contributed by atoms with E-state index in [-0.39, 0.29) is 44.5 Å². The van der Waals surface area contributed by atoms with Gasteiger partial charge in [0.25, 0.3) is 0 Å². The van der Waals surface area contributed by atoms with Crippen LogP contribution in [0.4, 0.5) is 0 Å². The topological polar surface area (TPSA) is 509 Å². The highest BCUT2D eigenvalue weighted by atomic mass is 32.2. The number of carbonyl (C=O) groups is 13. The lowest BCUT2D eigenvalue weighted by molar-refractivity contribution is -0.144. The monoisotopic (exact) mass is 1150 g/mol. The zero-order valence-corrected chi connectivity index (χ0v) is 46.1. The predicted octanol–water partition coefficient (Wildman–Crippen LogP) is -5.37. The number of aliphatic hydroxyl groups excluding tert-OH is 1. The number of rotatable bonds is 37. The van der Waals surface area contributed by atoms with Crippen LogP contribution >= 0.6 is 11.8 Å². The Morgan fingerprint density at radius 3 is 1.69 bits per heavy atom. The third-order valence-electron chi connectivity index (χ3n) is 12.6. The summed E-state index contributed by atoms with van der Waals surface area (Å²) < 4.78 is 0. The molecule has 31 nitrogen and oxygen atoms in total. The molecule has 2 heterocycles. The molecule has 1 aromatic heterocycles. The van der Waals surface area contributed by atoms with E-state index in [9.17, 15) is 77.6 Å². The van der Waals surface area contributed by atoms with E-state index < -0.39 is 182 Å².